The topological polar surface area (TPSA) is 79.6 Å². The first-order valence-corrected chi connectivity index (χ1v) is 13.0. The third-order valence-electron chi connectivity index (χ3n) is 5.88. The van der Waals surface area contributed by atoms with Crippen molar-refractivity contribution < 1.29 is 9.59 Å². The van der Waals surface area contributed by atoms with Crippen LogP contribution in [0.5, 0.6) is 0 Å². The van der Waals surface area contributed by atoms with Crippen molar-refractivity contribution in [3.05, 3.63) is 76.3 Å². The van der Waals surface area contributed by atoms with E-state index < -0.39 is 0 Å². The molecule has 0 saturated carbocycles. The quantitative estimate of drug-likeness (QED) is 0.450. The van der Waals surface area contributed by atoms with Gasteiger partial charge in [-0.3, -0.25) is 14.0 Å². The second-order valence-corrected chi connectivity index (χ2v) is 10.6. The second-order valence-electron chi connectivity index (χ2n) is 8.39. The van der Waals surface area contributed by atoms with Crippen molar-refractivity contribution in [1.82, 2.24) is 24.6 Å². The number of hydrogen-bond acceptors (Lipinski definition) is 6. The molecule has 174 valence electrons. The number of rotatable bonds is 5. The Kier molecular flexibility index (Phi) is 6.14. The molecule has 1 atom stereocenters. The van der Waals surface area contributed by atoms with Crippen molar-refractivity contribution in [3.8, 4) is 10.4 Å². The number of aromatic nitrogens is 3. The van der Waals surface area contributed by atoms with E-state index in [1.807, 2.05) is 68.3 Å². The summed E-state index contributed by atoms with van der Waals surface area (Å²) in [6.45, 7) is 6.18. The highest BCUT2D eigenvalue weighted by Gasteiger charge is 2.33. The lowest BCUT2D eigenvalue weighted by Gasteiger charge is -2.24. The molecule has 0 aliphatic carbocycles. The lowest BCUT2D eigenvalue weighted by Crippen LogP contribution is -2.44. The first-order chi connectivity index (χ1) is 16.4. The van der Waals surface area contributed by atoms with Gasteiger partial charge in [0.15, 0.2) is 0 Å². The molecule has 5 rings (SSSR count). The highest BCUT2D eigenvalue weighted by atomic mass is 32.2. The average Bonchev–Trinajstić information content (AvgIpc) is 3.53. The molecular formula is C25H25N5O2S2. The minimum atomic E-state index is -0.189. The minimum absolute atomic E-state index is 0.0870. The summed E-state index contributed by atoms with van der Waals surface area (Å²) in [6, 6.07) is 13.7. The maximum Gasteiger partial charge on any atom is 0.275 e. The summed E-state index contributed by atoms with van der Waals surface area (Å²) in [4.78, 5) is 38.4. The van der Waals surface area contributed by atoms with Crippen LogP contribution in [0.1, 0.15) is 37.2 Å². The maximum absolute atomic E-state index is 13.6. The molecule has 0 bridgehead atoms. The highest BCUT2D eigenvalue weighted by Crippen LogP contribution is 2.33. The Bertz CT molecular complexity index is 1390. The van der Waals surface area contributed by atoms with Gasteiger partial charge in [-0.2, -0.15) is 0 Å². The van der Waals surface area contributed by atoms with Crippen LogP contribution in [-0.4, -0.2) is 55.3 Å². The number of nitrogens with zero attached hydrogens (tertiary/aromatic N) is 4. The Morgan fingerprint density at radius 2 is 1.97 bits per heavy atom. The Morgan fingerprint density at radius 3 is 2.79 bits per heavy atom. The van der Waals surface area contributed by atoms with Gasteiger partial charge in [-0.25, -0.2) is 9.97 Å². The Labute approximate surface area is 206 Å². The average molecular weight is 492 g/mol. The van der Waals surface area contributed by atoms with E-state index in [-0.39, 0.29) is 17.9 Å². The summed E-state index contributed by atoms with van der Waals surface area (Å²) in [5, 5.41) is 3.89. The van der Waals surface area contributed by atoms with Gasteiger partial charge in [0.25, 0.3) is 11.8 Å². The van der Waals surface area contributed by atoms with Crippen LogP contribution in [-0.2, 0) is 0 Å². The van der Waals surface area contributed by atoms with Gasteiger partial charge in [0, 0.05) is 18.5 Å². The number of carbonyl (C=O) groups is 2. The Balaban J connectivity index is 1.34. The van der Waals surface area contributed by atoms with Crippen LogP contribution in [0.4, 0.5) is 0 Å². The van der Waals surface area contributed by atoms with Crippen LogP contribution in [0.3, 0.4) is 0 Å². The number of aryl methyl sites for hydroxylation is 3. The minimum Gasteiger partial charge on any atom is -0.349 e. The summed E-state index contributed by atoms with van der Waals surface area (Å²) in [6.07, 6.45) is 1.84. The summed E-state index contributed by atoms with van der Waals surface area (Å²) >= 11 is 3.23. The molecule has 4 heterocycles. The van der Waals surface area contributed by atoms with E-state index in [2.05, 4.69) is 21.4 Å². The molecule has 1 N–H and O–H groups in total. The fourth-order valence-electron chi connectivity index (χ4n) is 4.25. The largest absolute Gasteiger partial charge is 0.349 e. The van der Waals surface area contributed by atoms with Gasteiger partial charge in [0.1, 0.15) is 17.0 Å². The van der Waals surface area contributed by atoms with Crippen LogP contribution >= 0.6 is 23.1 Å². The molecule has 2 amide bonds. The van der Waals surface area contributed by atoms with Gasteiger partial charge in [-0.15, -0.1) is 23.1 Å². The molecule has 1 aliphatic rings. The molecule has 4 aromatic rings. The zero-order valence-corrected chi connectivity index (χ0v) is 20.9. The number of fused-ring (bicyclic) bond motifs is 1. The molecule has 1 aromatic carbocycles. The molecule has 3 aromatic heterocycles. The summed E-state index contributed by atoms with van der Waals surface area (Å²) < 4.78 is 1.79. The smallest absolute Gasteiger partial charge is 0.275 e. The van der Waals surface area contributed by atoms with Crippen LogP contribution in [0, 0.1) is 20.8 Å². The molecular weight excluding hydrogens is 466 g/mol. The second kappa shape index (κ2) is 9.23. The number of hydrogen-bond donors (Lipinski definition) is 1. The standard InChI is InChI=1S/C25H25N5O2S2/c1-15-7-6-8-18(11-15)23-21(28-17(3)34-23)25(32)30-14-33-13-19(30)12-26-24(31)22-16(2)27-20-9-4-5-10-29(20)22/h4-11,19H,12-14H2,1-3H3,(H,26,31)/t19-/m1/s1. The van der Waals surface area contributed by atoms with Crippen molar-refractivity contribution in [1.29, 1.82) is 0 Å². The van der Waals surface area contributed by atoms with Crippen LogP contribution in [0.15, 0.2) is 48.7 Å². The van der Waals surface area contributed by atoms with Crippen molar-refractivity contribution in [2.45, 2.75) is 26.8 Å². The highest BCUT2D eigenvalue weighted by molar-refractivity contribution is 7.99. The first kappa shape index (κ1) is 22.6. The fraction of sp³-hybridized carbons (Fsp3) is 0.280. The van der Waals surface area contributed by atoms with Crippen LogP contribution in [0.25, 0.3) is 16.1 Å². The third kappa shape index (κ3) is 4.21. The molecule has 0 radical (unpaired) electrons. The number of pyridine rings is 1. The van der Waals surface area contributed by atoms with Gasteiger partial charge in [-0.05, 0) is 38.5 Å². The van der Waals surface area contributed by atoms with Gasteiger partial charge < -0.3 is 10.2 Å². The number of thioether (sulfide) groups is 1. The summed E-state index contributed by atoms with van der Waals surface area (Å²) in [7, 11) is 0. The normalized spacial score (nSPS) is 15.7. The van der Waals surface area contributed by atoms with Crippen molar-refractivity contribution >= 4 is 40.6 Å². The number of amides is 2. The lowest BCUT2D eigenvalue weighted by atomic mass is 10.1. The van der Waals surface area contributed by atoms with E-state index in [9.17, 15) is 9.59 Å². The van der Waals surface area contributed by atoms with Crippen molar-refractivity contribution in [2.24, 2.45) is 0 Å². The van der Waals surface area contributed by atoms with Gasteiger partial charge in [0.2, 0.25) is 0 Å². The zero-order chi connectivity index (χ0) is 23.8. The predicted octanol–water partition coefficient (Wildman–Crippen LogP) is 4.33. The monoisotopic (exact) mass is 491 g/mol. The van der Waals surface area contributed by atoms with E-state index in [1.54, 1.807) is 16.2 Å². The summed E-state index contributed by atoms with van der Waals surface area (Å²) in [5.41, 5.74) is 4.58. The SMILES string of the molecule is Cc1cccc(-c2sc(C)nc2C(=O)N2CSC[C@H]2CNC(=O)c2c(C)nc3ccccn23)c1. The number of thiazole rings is 1. The van der Waals surface area contributed by atoms with E-state index >= 15 is 0 Å². The Morgan fingerprint density at radius 1 is 1.12 bits per heavy atom. The van der Waals surface area contributed by atoms with Crippen LogP contribution < -0.4 is 5.32 Å². The molecule has 0 spiro atoms. The molecule has 1 saturated heterocycles. The van der Waals surface area contributed by atoms with E-state index in [4.69, 9.17) is 0 Å². The van der Waals surface area contributed by atoms with Crippen molar-refractivity contribution in [2.75, 3.05) is 18.2 Å². The molecule has 9 heteroatoms. The number of benzene rings is 1. The molecule has 0 unspecified atom stereocenters. The fourth-order valence-corrected chi connectivity index (χ4v) is 6.35. The first-order valence-electron chi connectivity index (χ1n) is 11.1. The Hall–Kier alpha value is -3.17. The number of nitrogens with one attached hydrogen (secondary N) is 1. The maximum atomic E-state index is 13.6. The molecule has 1 fully saturated rings. The van der Waals surface area contributed by atoms with Crippen molar-refractivity contribution in [3.63, 3.8) is 0 Å². The van der Waals surface area contributed by atoms with E-state index in [1.165, 1.54) is 11.3 Å². The molecule has 34 heavy (non-hydrogen) atoms. The predicted molar refractivity (Wildman–Crippen MR) is 137 cm³/mol. The van der Waals surface area contributed by atoms with Gasteiger partial charge >= 0.3 is 0 Å². The third-order valence-corrected chi connectivity index (χ3v) is 7.98. The van der Waals surface area contributed by atoms with E-state index in [0.29, 0.717) is 29.5 Å². The van der Waals surface area contributed by atoms with E-state index in [0.717, 1.165) is 32.4 Å². The lowest BCUT2D eigenvalue weighted by molar-refractivity contribution is 0.0731. The number of carbonyl (C=O) groups excluding carboxylic acids is 2. The van der Waals surface area contributed by atoms with Gasteiger partial charge in [-0.1, -0.05) is 35.9 Å². The molecule has 1 aliphatic heterocycles. The zero-order valence-electron chi connectivity index (χ0n) is 19.2. The summed E-state index contributed by atoms with van der Waals surface area (Å²) in [5.74, 6) is 1.07. The van der Waals surface area contributed by atoms with Gasteiger partial charge in [0.05, 0.1) is 27.5 Å². The number of imidazole rings is 1. The van der Waals surface area contributed by atoms with Crippen LogP contribution in [0.2, 0.25) is 0 Å². The molecule has 7 nitrogen and oxygen atoms in total.